The molecule has 1 N–H and O–H groups in total. The Labute approximate surface area is 115 Å². The molecule has 4 heteroatoms. The fraction of sp³-hybridized carbons (Fsp3) is 0.643. The zero-order valence-corrected chi connectivity index (χ0v) is 12.0. The van der Waals surface area contributed by atoms with Crippen molar-refractivity contribution in [2.45, 2.75) is 45.3 Å². The molecule has 0 aromatic carbocycles. The quantitative estimate of drug-likeness (QED) is 0.832. The van der Waals surface area contributed by atoms with Crippen molar-refractivity contribution >= 4 is 11.6 Å². The third-order valence-electron chi connectivity index (χ3n) is 3.56. The highest BCUT2D eigenvalue weighted by atomic mass is 35.5. The van der Waals surface area contributed by atoms with Gasteiger partial charge in [0.25, 0.3) is 0 Å². The smallest absolute Gasteiger partial charge is 0.133 e. The number of hydrogen-bond acceptors (Lipinski definition) is 3. The second-order valence-electron chi connectivity index (χ2n) is 5.27. The molecule has 3 nitrogen and oxygen atoms in total. The third-order valence-corrected chi connectivity index (χ3v) is 3.90. The Hall–Kier alpha value is -0.640. The number of halogens is 1. The van der Waals surface area contributed by atoms with Gasteiger partial charge in [0.2, 0.25) is 0 Å². The number of aromatic nitrogens is 1. The van der Waals surface area contributed by atoms with Gasteiger partial charge in [-0.1, -0.05) is 17.7 Å². The molecule has 1 fully saturated rings. The minimum absolute atomic E-state index is 0.517. The topological polar surface area (TPSA) is 28.2 Å². The van der Waals surface area contributed by atoms with E-state index in [2.05, 4.69) is 35.1 Å². The highest BCUT2D eigenvalue weighted by Crippen LogP contribution is 2.17. The maximum absolute atomic E-state index is 6.14. The molecule has 0 amide bonds. The molecule has 0 aliphatic carbocycles. The molecule has 1 aromatic rings. The Morgan fingerprint density at radius 3 is 3.00 bits per heavy atom. The van der Waals surface area contributed by atoms with Crippen LogP contribution in [0.1, 0.15) is 32.3 Å². The molecule has 1 aromatic heterocycles. The van der Waals surface area contributed by atoms with E-state index in [4.69, 9.17) is 11.6 Å². The Bertz CT molecular complexity index is 375. The summed E-state index contributed by atoms with van der Waals surface area (Å²) in [6, 6.07) is 5.16. The second-order valence-corrected chi connectivity index (χ2v) is 5.63. The fourth-order valence-corrected chi connectivity index (χ4v) is 2.59. The molecule has 18 heavy (non-hydrogen) atoms. The largest absolute Gasteiger partial charge is 0.313 e. The van der Waals surface area contributed by atoms with Crippen LogP contribution in [-0.2, 0) is 6.54 Å². The molecule has 0 bridgehead atoms. The van der Waals surface area contributed by atoms with E-state index in [1.807, 2.05) is 6.07 Å². The van der Waals surface area contributed by atoms with Crippen molar-refractivity contribution in [1.29, 1.82) is 0 Å². The minimum Gasteiger partial charge on any atom is -0.313 e. The summed E-state index contributed by atoms with van der Waals surface area (Å²) >= 11 is 6.14. The molecule has 1 aliphatic rings. The lowest BCUT2D eigenvalue weighted by molar-refractivity contribution is 0.194. The summed E-state index contributed by atoms with van der Waals surface area (Å²) in [6.07, 6.45) is 4.32. The summed E-state index contributed by atoms with van der Waals surface area (Å²) in [5, 5.41) is 4.18. The van der Waals surface area contributed by atoms with Gasteiger partial charge in [-0.2, -0.15) is 0 Å². The molecule has 1 saturated heterocycles. The maximum Gasteiger partial charge on any atom is 0.133 e. The Morgan fingerprint density at radius 1 is 1.56 bits per heavy atom. The molecule has 1 atom stereocenters. The molecular weight excluding hydrogens is 246 g/mol. The summed E-state index contributed by atoms with van der Waals surface area (Å²) in [7, 11) is 0. The number of nitrogens with one attached hydrogen (secondary N) is 1. The van der Waals surface area contributed by atoms with Crippen molar-refractivity contribution in [3.63, 3.8) is 0 Å². The van der Waals surface area contributed by atoms with Crippen LogP contribution in [0.3, 0.4) is 0 Å². The summed E-state index contributed by atoms with van der Waals surface area (Å²) in [6.45, 7) is 7.59. The SMILES string of the molecule is CC(C)N(Cc1cccnc1Cl)CC1CCCN1. The van der Waals surface area contributed by atoms with Crippen LogP contribution in [-0.4, -0.2) is 35.1 Å². The number of pyridine rings is 1. The van der Waals surface area contributed by atoms with Crippen molar-refractivity contribution in [2.75, 3.05) is 13.1 Å². The van der Waals surface area contributed by atoms with Crippen LogP contribution in [0.4, 0.5) is 0 Å². The van der Waals surface area contributed by atoms with E-state index in [1.165, 1.54) is 12.8 Å². The third kappa shape index (κ3) is 3.67. The van der Waals surface area contributed by atoms with Crippen molar-refractivity contribution in [1.82, 2.24) is 15.2 Å². The van der Waals surface area contributed by atoms with E-state index in [9.17, 15) is 0 Å². The number of hydrogen-bond donors (Lipinski definition) is 1. The first-order valence-corrected chi connectivity index (χ1v) is 7.11. The fourth-order valence-electron chi connectivity index (χ4n) is 2.41. The lowest BCUT2D eigenvalue weighted by Gasteiger charge is -2.29. The van der Waals surface area contributed by atoms with E-state index in [0.29, 0.717) is 17.2 Å². The first-order chi connectivity index (χ1) is 8.66. The summed E-state index contributed by atoms with van der Waals surface area (Å²) in [5.41, 5.74) is 1.12. The second kappa shape index (κ2) is 6.50. The van der Waals surface area contributed by atoms with E-state index in [1.54, 1.807) is 6.20 Å². The maximum atomic E-state index is 6.14. The number of nitrogens with zero attached hydrogens (tertiary/aromatic N) is 2. The van der Waals surface area contributed by atoms with E-state index < -0.39 is 0 Å². The molecule has 0 saturated carbocycles. The predicted molar refractivity (Wildman–Crippen MR) is 75.8 cm³/mol. The predicted octanol–water partition coefficient (Wildman–Crippen LogP) is 2.70. The van der Waals surface area contributed by atoms with Crippen molar-refractivity contribution < 1.29 is 0 Å². The van der Waals surface area contributed by atoms with Crippen LogP contribution in [0, 0.1) is 0 Å². The minimum atomic E-state index is 0.517. The zero-order valence-electron chi connectivity index (χ0n) is 11.2. The van der Waals surface area contributed by atoms with Crippen molar-refractivity contribution in [2.24, 2.45) is 0 Å². The van der Waals surface area contributed by atoms with Gasteiger partial charge in [0, 0.05) is 36.9 Å². The summed E-state index contributed by atoms with van der Waals surface area (Å²) in [4.78, 5) is 6.61. The Kier molecular flexibility index (Phi) is 4.98. The van der Waals surface area contributed by atoms with Crippen LogP contribution in [0.25, 0.3) is 0 Å². The normalized spacial score (nSPS) is 19.9. The van der Waals surface area contributed by atoms with Gasteiger partial charge in [0.05, 0.1) is 0 Å². The van der Waals surface area contributed by atoms with Gasteiger partial charge in [-0.15, -0.1) is 0 Å². The van der Waals surface area contributed by atoms with Gasteiger partial charge >= 0.3 is 0 Å². The van der Waals surface area contributed by atoms with Crippen LogP contribution in [0.15, 0.2) is 18.3 Å². The molecule has 1 unspecified atom stereocenters. The highest BCUT2D eigenvalue weighted by molar-refractivity contribution is 6.30. The monoisotopic (exact) mass is 267 g/mol. The van der Waals surface area contributed by atoms with Crippen LogP contribution < -0.4 is 5.32 Å². The Morgan fingerprint density at radius 2 is 2.39 bits per heavy atom. The Balaban J connectivity index is 1.99. The standard InChI is InChI=1S/C14H22ClN3/c1-11(2)18(10-13-6-4-7-16-13)9-12-5-3-8-17-14(12)15/h3,5,8,11,13,16H,4,6-7,9-10H2,1-2H3. The van der Waals surface area contributed by atoms with Gasteiger partial charge in [0.1, 0.15) is 5.15 Å². The van der Waals surface area contributed by atoms with Gasteiger partial charge in [-0.05, 0) is 39.3 Å². The van der Waals surface area contributed by atoms with Gasteiger partial charge in [-0.3, -0.25) is 4.90 Å². The highest BCUT2D eigenvalue weighted by Gasteiger charge is 2.20. The van der Waals surface area contributed by atoms with E-state index in [0.717, 1.165) is 25.2 Å². The average Bonchev–Trinajstić information content (AvgIpc) is 2.83. The lowest BCUT2D eigenvalue weighted by atomic mass is 10.1. The lowest BCUT2D eigenvalue weighted by Crippen LogP contribution is -2.40. The first kappa shape index (κ1) is 13.8. The first-order valence-electron chi connectivity index (χ1n) is 6.73. The van der Waals surface area contributed by atoms with Crippen LogP contribution in [0.5, 0.6) is 0 Å². The molecule has 1 aliphatic heterocycles. The molecule has 100 valence electrons. The molecule has 2 heterocycles. The molecule has 0 spiro atoms. The zero-order chi connectivity index (χ0) is 13.0. The van der Waals surface area contributed by atoms with Gasteiger partial charge in [-0.25, -0.2) is 4.98 Å². The summed E-state index contributed by atoms with van der Waals surface area (Å²) in [5.74, 6) is 0. The van der Waals surface area contributed by atoms with E-state index >= 15 is 0 Å². The summed E-state index contributed by atoms with van der Waals surface area (Å²) < 4.78 is 0. The van der Waals surface area contributed by atoms with Crippen LogP contribution >= 0.6 is 11.6 Å². The molecule has 0 radical (unpaired) electrons. The number of rotatable bonds is 5. The van der Waals surface area contributed by atoms with Gasteiger partial charge in [0.15, 0.2) is 0 Å². The van der Waals surface area contributed by atoms with Crippen molar-refractivity contribution in [3.05, 3.63) is 29.0 Å². The molecular formula is C14H22ClN3. The van der Waals surface area contributed by atoms with Crippen molar-refractivity contribution in [3.8, 4) is 0 Å². The molecule has 2 rings (SSSR count). The van der Waals surface area contributed by atoms with Crippen LogP contribution in [0.2, 0.25) is 5.15 Å². The average molecular weight is 268 g/mol. The van der Waals surface area contributed by atoms with E-state index in [-0.39, 0.29) is 0 Å². The van der Waals surface area contributed by atoms with Gasteiger partial charge < -0.3 is 5.32 Å².